The molecular formula is C23H24FN5O2. The van der Waals surface area contributed by atoms with E-state index in [0.29, 0.717) is 30.4 Å². The Morgan fingerprint density at radius 1 is 1.23 bits per heavy atom. The molecule has 0 radical (unpaired) electrons. The zero-order valence-corrected chi connectivity index (χ0v) is 17.7. The van der Waals surface area contributed by atoms with Gasteiger partial charge in [-0.2, -0.15) is 5.10 Å². The van der Waals surface area contributed by atoms with Gasteiger partial charge in [-0.1, -0.05) is 12.1 Å². The molecule has 0 atom stereocenters. The molecular weight excluding hydrogens is 397 g/mol. The van der Waals surface area contributed by atoms with E-state index in [9.17, 15) is 14.0 Å². The second kappa shape index (κ2) is 8.22. The third kappa shape index (κ3) is 3.76. The van der Waals surface area contributed by atoms with Gasteiger partial charge >= 0.3 is 0 Å². The first-order chi connectivity index (χ1) is 14.9. The van der Waals surface area contributed by atoms with Gasteiger partial charge in [-0.3, -0.25) is 14.7 Å². The van der Waals surface area contributed by atoms with Crippen molar-refractivity contribution in [3.05, 3.63) is 69.9 Å². The number of H-pyrrole nitrogens is 1. The smallest absolute Gasteiger partial charge is 0.262 e. The Hall–Kier alpha value is -3.68. The van der Waals surface area contributed by atoms with Crippen molar-refractivity contribution in [2.75, 3.05) is 25.5 Å². The average Bonchev–Trinajstić information content (AvgIpc) is 3.15. The Labute approximate surface area is 178 Å². The van der Waals surface area contributed by atoms with Crippen LogP contribution in [0.5, 0.6) is 0 Å². The third-order valence-electron chi connectivity index (χ3n) is 5.41. The Kier molecular flexibility index (Phi) is 5.46. The normalized spacial score (nSPS) is 11.2. The van der Waals surface area contributed by atoms with E-state index in [1.54, 1.807) is 16.7 Å². The maximum Gasteiger partial charge on any atom is 0.262 e. The van der Waals surface area contributed by atoms with Gasteiger partial charge in [-0.15, -0.1) is 0 Å². The summed E-state index contributed by atoms with van der Waals surface area (Å²) in [7, 11) is 3.92. The summed E-state index contributed by atoms with van der Waals surface area (Å²) in [6.45, 7) is 2.56. The van der Waals surface area contributed by atoms with Crippen molar-refractivity contribution in [3.63, 3.8) is 0 Å². The number of pyridine rings is 1. The standard InChI is InChI=1S/C23H24FN5O2/c1-14-20-21(27-26-14)17-13-15(28(2)3)9-10-19(17)29(23(20)31)12-6-11-25-22(30)16-7-4-5-8-18(16)24/h4-5,7-10,13H,6,11-12H2,1-3H3,(H,25,30)(H,26,27). The van der Waals surface area contributed by atoms with Crippen LogP contribution in [0.4, 0.5) is 10.1 Å². The lowest BCUT2D eigenvalue weighted by Gasteiger charge is -2.16. The molecule has 7 nitrogen and oxygen atoms in total. The molecule has 8 heteroatoms. The number of amides is 1. The maximum absolute atomic E-state index is 13.8. The lowest BCUT2D eigenvalue weighted by atomic mass is 10.1. The highest BCUT2D eigenvalue weighted by molar-refractivity contribution is 6.05. The Morgan fingerprint density at radius 3 is 2.74 bits per heavy atom. The Bertz CT molecular complexity index is 1340. The predicted octanol–water partition coefficient (Wildman–Crippen LogP) is 3.21. The van der Waals surface area contributed by atoms with E-state index in [1.165, 1.54) is 12.1 Å². The van der Waals surface area contributed by atoms with Crippen molar-refractivity contribution in [1.29, 1.82) is 0 Å². The Morgan fingerprint density at radius 2 is 2.00 bits per heavy atom. The van der Waals surface area contributed by atoms with Gasteiger partial charge in [0.05, 0.1) is 16.5 Å². The van der Waals surface area contributed by atoms with Crippen LogP contribution < -0.4 is 15.8 Å². The highest BCUT2D eigenvalue weighted by Gasteiger charge is 2.16. The first-order valence-electron chi connectivity index (χ1n) is 10.1. The molecule has 0 saturated heterocycles. The summed E-state index contributed by atoms with van der Waals surface area (Å²) in [4.78, 5) is 27.4. The summed E-state index contributed by atoms with van der Waals surface area (Å²) >= 11 is 0. The number of benzene rings is 2. The lowest BCUT2D eigenvalue weighted by molar-refractivity contribution is 0.0948. The van der Waals surface area contributed by atoms with Crippen LogP contribution in [0.25, 0.3) is 21.8 Å². The van der Waals surface area contributed by atoms with Gasteiger partial charge < -0.3 is 14.8 Å². The topological polar surface area (TPSA) is 83.0 Å². The largest absolute Gasteiger partial charge is 0.378 e. The number of nitrogens with one attached hydrogen (secondary N) is 2. The molecule has 0 fully saturated rings. The quantitative estimate of drug-likeness (QED) is 0.469. The summed E-state index contributed by atoms with van der Waals surface area (Å²) in [6, 6.07) is 11.8. The number of hydrogen-bond acceptors (Lipinski definition) is 4. The molecule has 0 bridgehead atoms. The highest BCUT2D eigenvalue weighted by atomic mass is 19.1. The molecule has 31 heavy (non-hydrogen) atoms. The molecule has 0 aliphatic rings. The van der Waals surface area contributed by atoms with E-state index in [0.717, 1.165) is 22.3 Å². The SMILES string of the molecule is Cc1[nH]nc2c1c(=O)n(CCCNC(=O)c1ccccc1F)c1ccc(N(C)C)cc21. The zero-order valence-electron chi connectivity index (χ0n) is 17.7. The predicted molar refractivity (Wildman–Crippen MR) is 120 cm³/mol. The molecule has 0 aliphatic heterocycles. The molecule has 1 amide bonds. The molecule has 2 aromatic heterocycles. The molecule has 0 unspecified atom stereocenters. The summed E-state index contributed by atoms with van der Waals surface area (Å²) in [5.74, 6) is -1.02. The van der Waals surface area contributed by atoms with E-state index < -0.39 is 11.7 Å². The first kappa shape index (κ1) is 20.6. The van der Waals surface area contributed by atoms with Crippen LogP contribution in [-0.2, 0) is 6.54 Å². The molecule has 0 spiro atoms. The second-order valence-electron chi connectivity index (χ2n) is 7.71. The number of halogens is 1. The third-order valence-corrected chi connectivity index (χ3v) is 5.41. The van der Waals surface area contributed by atoms with Crippen LogP contribution in [0.3, 0.4) is 0 Å². The summed E-state index contributed by atoms with van der Waals surface area (Å²) in [6.07, 6.45) is 0.521. The number of fused-ring (bicyclic) bond motifs is 3. The fourth-order valence-corrected chi connectivity index (χ4v) is 3.76. The van der Waals surface area contributed by atoms with Gasteiger partial charge in [0.25, 0.3) is 11.5 Å². The van der Waals surface area contributed by atoms with Gasteiger partial charge in [0, 0.05) is 44.0 Å². The van der Waals surface area contributed by atoms with Crippen molar-refractivity contribution < 1.29 is 9.18 Å². The summed E-state index contributed by atoms with van der Waals surface area (Å²) in [5, 5.41) is 11.5. The minimum absolute atomic E-state index is 0.0109. The molecule has 0 aliphatic carbocycles. The molecule has 160 valence electrons. The molecule has 4 aromatic rings. The van der Waals surface area contributed by atoms with Crippen molar-refractivity contribution in [1.82, 2.24) is 20.1 Å². The lowest BCUT2D eigenvalue weighted by Crippen LogP contribution is -2.28. The average molecular weight is 421 g/mol. The number of aryl methyl sites for hydroxylation is 2. The van der Waals surface area contributed by atoms with Crippen LogP contribution in [0.15, 0.2) is 47.3 Å². The van der Waals surface area contributed by atoms with E-state index in [4.69, 9.17) is 0 Å². The molecule has 2 heterocycles. The minimum atomic E-state index is -0.556. The van der Waals surface area contributed by atoms with Crippen molar-refractivity contribution in [3.8, 4) is 0 Å². The maximum atomic E-state index is 13.8. The van der Waals surface area contributed by atoms with Gasteiger partial charge in [-0.25, -0.2) is 4.39 Å². The molecule has 2 aromatic carbocycles. The van der Waals surface area contributed by atoms with E-state index in [1.807, 2.05) is 44.1 Å². The fraction of sp³-hybridized carbons (Fsp3) is 0.261. The molecule has 4 rings (SSSR count). The zero-order chi connectivity index (χ0) is 22.1. The van der Waals surface area contributed by atoms with E-state index >= 15 is 0 Å². The highest BCUT2D eigenvalue weighted by Crippen LogP contribution is 2.26. The number of aromatic amines is 1. The number of carbonyl (C=O) groups is 1. The van der Waals surface area contributed by atoms with Crippen LogP contribution >= 0.6 is 0 Å². The Balaban J connectivity index is 1.61. The number of carbonyl (C=O) groups excluding carboxylic acids is 1. The van der Waals surface area contributed by atoms with Crippen LogP contribution in [0.2, 0.25) is 0 Å². The van der Waals surface area contributed by atoms with Gasteiger partial charge in [0.2, 0.25) is 0 Å². The first-order valence-corrected chi connectivity index (χ1v) is 10.1. The molecule has 2 N–H and O–H groups in total. The molecule has 0 saturated carbocycles. The van der Waals surface area contributed by atoms with E-state index in [2.05, 4.69) is 15.5 Å². The number of hydrogen-bond donors (Lipinski definition) is 2. The van der Waals surface area contributed by atoms with Gasteiger partial charge in [0.15, 0.2) is 0 Å². The monoisotopic (exact) mass is 421 g/mol. The van der Waals surface area contributed by atoms with Gasteiger partial charge in [0.1, 0.15) is 11.3 Å². The van der Waals surface area contributed by atoms with Crippen LogP contribution in [0.1, 0.15) is 22.5 Å². The number of rotatable bonds is 6. The minimum Gasteiger partial charge on any atom is -0.378 e. The van der Waals surface area contributed by atoms with Gasteiger partial charge in [-0.05, 0) is 43.7 Å². The summed E-state index contributed by atoms with van der Waals surface area (Å²) in [5.41, 5.74) is 3.07. The van der Waals surface area contributed by atoms with Crippen LogP contribution in [-0.4, -0.2) is 41.3 Å². The summed E-state index contributed by atoms with van der Waals surface area (Å²) < 4.78 is 15.5. The van der Waals surface area contributed by atoms with Crippen LogP contribution in [0, 0.1) is 12.7 Å². The second-order valence-corrected chi connectivity index (χ2v) is 7.71. The fourth-order valence-electron chi connectivity index (χ4n) is 3.76. The number of anilines is 1. The van der Waals surface area contributed by atoms with Crippen molar-refractivity contribution in [2.24, 2.45) is 0 Å². The number of aromatic nitrogens is 3. The van der Waals surface area contributed by atoms with E-state index in [-0.39, 0.29) is 11.1 Å². The van der Waals surface area contributed by atoms with Crippen molar-refractivity contribution >= 4 is 33.4 Å². The number of nitrogens with zero attached hydrogens (tertiary/aromatic N) is 3. The van der Waals surface area contributed by atoms with Crippen molar-refractivity contribution in [2.45, 2.75) is 19.9 Å².